The van der Waals surface area contributed by atoms with E-state index in [0.29, 0.717) is 12.2 Å². The molecule has 6 heteroatoms. The minimum absolute atomic E-state index is 0.103. The maximum absolute atomic E-state index is 10.9. The topological polar surface area (TPSA) is 87.0 Å². The fraction of sp³-hybridized carbons (Fsp3) is 0.308. The highest BCUT2D eigenvalue weighted by molar-refractivity contribution is 5.56. The second-order valence-corrected chi connectivity index (χ2v) is 4.36. The first-order valence-corrected chi connectivity index (χ1v) is 6.08. The van der Waals surface area contributed by atoms with Crippen LogP contribution >= 0.6 is 0 Å². The summed E-state index contributed by atoms with van der Waals surface area (Å²) in [6.45, 7) is 4.11. The summed E-state index contributed by atoms with van der Waals surface area (Å²) < 4.78 is 1.49. The number of anilines is 1. The Hall–Kier alpha value is -2.37. The van der Waals surface area contributed by atoms with Crippen molar-refractivity contribution in [2.45, 2.75) is 26.8 Å². The summed E-state index contributed by atoms with van der Waals surface area (Å²) in [5.41, 5.74) is 8.31. The molecule has 1 aromatic carbocycles. The van der Waals surface area contributed by atoms with Crippen molar-refractivity contribution in [1.29, 1.82) is 0 Å². The zero-order chi connectivity index (χ0) is 14.0. The molecule has 0 bridgehead atoms. The number of hydrogen-bond donors (Lipinski definition) is 1. The lowest BCUT2D eigenvalue weighted by Gasteiger charge is -2.08. The molecule has 19 heavy (non-hydrogen) atoms. The normalized spacial score (nSPS) is 10.6. The van der Waals surface area contributed by atoms with E-state index in [1.807, 2.05) is 24.3 Å². The third-order valence-corrected chi connectivity index (χ3v) is 3.14. The molecule has 1 aromatic heterocycles. The zero-order valence-electron chi connectivity index (χ0n) is 11.0. The van der Waals surface area contributed by atoms with Crippen LogP contribution in [0.15, 0.2) is 24.3 Å². The molecule has 0 unspecified atom stereocenters. The number of nitrogen functional groups attached to an aromatic ring is 1. The molecule has 0 aliphatic carbocycles. The van der Waals surface area contributed by atoms with Crippen molar-refractivity contribution in [2.75, 3.05) is 5.73 Å². The molecule has 0 spiro atoms. The van der Waals surface area contributed by atoms with Gasteiger partial charge in [0.25, 0.3) is 0 Å². The summed E-state index contributed by atoms with van der Waals surface area (Å²) in [6.07, 6.45) is 0.901. The lowest BCUT2D eigenvalue weighted by atomic mass is 10.1. The van der Waals surface area contributed by atoms with E-state index in [0.717, 1.165) is 12.0 Å². The molecule has 0 saturated heterocycles. The van der Waals surface area contributed by atoms with Gasteiger partial charge < -0.3 is 5.73 Å². The largest absolute Gasteiger partial charge is 0.378 e. The molecule has 2 aromatic rings. The van der Waals surface area contributed by atoms with Crippen LogP contribution in [0, 0.1) is 17.0 Å². The van der Waals surface area contributed by atoms with Gasteiger partial charge in [-0.05, 0) is 24.5 Å². The predicted molar refractivity (Wildman–Crippen MR) is 73.0 cm³/mol. The Morgan fingerprint density at radius 3 is 2.53 bits per heavy atom. The van der Waals surface area contributed by atoms with Crippen LogP contribution in [0.3, 0.4) is 0 Å². The van der Waals surface area contributed by atoms with Gasteiger partial charge >= 0.3 is 5.69 Å². The average Bonchev–Trinajstić information content (AvgIpc) is 2.65. The first kappa shape index (κ1) is 13.1. The number of aromatic nitrogens is 2. The summed E-state index contributed by atoms with van der Waals surface area (Å²) in [5.74, 6) is 0.105. The average molecular weight is 260 g/mol. The van der Waals surface area contributed by atoms with Gasteiger partial charge in [-0.1, -0.05) is 31.2 Å². The van der Waals surface area contributed by atoms with E-state index >= 15 is 0 Å². The molecule has 0 atom stereocenters. The molecule has 2 N–H and O–H groups in total. The number of benzene rings is 1. The van der Waals surface area contributed by atoms with E-state index in [1.165, 1.54) is 10.2 Å². The third kappa shape index (κ3) is 2.42. The molecule has 0 fully saturated rings. The van der Waals surface area contributed by atoms with Gasteiger partial charge in [-0.2, -0.15) is 5.10 Å². The Bertz CT molecular complexity index is 619. The third-order valence-electron chi connectivity index (χ3n) is 3.14. The number of nitrogens with zero attached hydrogens (tertiary/aromatic N) is 3. The number of aryl methyl sites for hydroxylation is 2. The van der Waals surface area contributed by atoms with Crippen molar-refractivity contribution >= 4 is 11.5 Å². The van der Waals surface area contributed by atoms with Crippen molar-refractivity contribution in [1.82, 2.24) is 9.78 Å². The minimum Gasteiger partial charge on any atom is -0.378 e. The molecule has 0 aliphatic rings. The molecule has 0 saturated carbocycles. The molecule has 6 nitrogen and oxygen atoms in total. The SMILES string of the molecule is CCc1ccccc1Cn1nc(C)c([N+](=O)[O-])c1N. The highest BCUT2D eigenvalue weighted by atomic mass is 16.6. The molecule has 0 radical (unpaired) electrons. The molecular formula is C13H16N4O2. The van der Waals surface area contributed by atoms with E-state index in [-0.39, 0.29) is 11.5 Å². The molecule has 2 rings (SSSR count). The van der Waals surface area contributed by atoms with Crippen LogP contribution < -0.4 is 5.73 Å². The summed E-state index contributed by atoms with van der Waals surface area (Å²) >= 11 is 0. The maximum Gasteiger partial charge on any atom is 0.333 e. The van der Waals surface area contributed by atoms with Gasteiger partial charge in [-0.3, -0.25) is 10.1 Å². The van der Waals surface area contributed by atoms with Gasteiger partial charge in [0.05, 0.1) is 11.5 Å². The number of rotatable bonds is 4. The second kappa shape index (κ2) is 5.09. The summed E-state index contributed by atoms with van der Waals surface area (Å²) in [4.78, 5) is 10.4. The highest BCUT2D eigenvalue weighted by Crippen LogP contribution is 2.26. The van der Waals surface area contributed by atoms with Gasteiger partial charge in [-0.25, -0.2) is 4.68 Å². The standard InChI is InChI=1S/C13H16N4O2/c1-3-10-6-4-5-7-11(10)8-16-13(14)12(17(18)19)9(2)15-16/h4-7H,3,8,14H2,1-2H3. The fourth-order valence-electron chi connectivity index (χ4n) is 2.15. The quantitative estimate of drug-likeness (QED) is 0.675. The van der Waals surface area contributed by atoms with Gasteiger partial charge in [-0.15, -0.1) is 0 Å². The number of nitrogens with two attached hydrogens (primary N) is 1. The second-order valence-electron chi connectivity index (χ2n) is 4.36. The van der Waals surface area contributed by atoms with Gasteiger partial charge in [0.2, 0.25) is 5.82 Å². The Labute approximate surface area is 111 Å². The summed E-state index contributed by atoms with van der Waals surface area (Å²) in [5, 5.41) is 15.1. The number of nitro groups is 1. The van der Waals surface area contributed by atoms with Crippen molar-refractivity contribution < 1.29 is 4.92 Å². The van der Waals surface area contributed by atoms with Crippen LogP contribution in [0.2, 0.25) is 0 Å². The predicted octanol–water partition coefficient (Wildman–Crippen LogP) is 2.29. The Balaban J connectivity index is 2.39. The first-order chi connectivity index (χ1) is 9.04. The van der Waals surface area contributed by atoms with Crippen LogP contribution in [-0.2, 0) is 13.0 Å². The van der Waals surface area contributed by atoms with Gasteiger partial charge in [0.15, 0.2) is 0 Å². The summed E-state index contributed by atoms with van der Waals surface area (Å²) in [6, 6.07) is 7.94. The first-order valence-electron chi connectivity index (χ1n) is 6.08. The molecule has 0 aliphatic heterocycles. The van der Waals surface area contributed by atoms with E-state index in [4.69, 9.17) is 5.73 Å². The lowest BCUT2D eigenvalue weighted by Crippen LogP contribution is -2.08. The minimum atomic E-state index is -0.486. The van der Waals surface area contributed by atoms with Gasteiger partial charge in [0, 0.05) is 0 Å². The van der Waals surface area contributed by atoms with E-state index in [2.05, 4.69) is 12.0 Å². The van der Waals surface area contributed by atoms with Crippen molar-refractivity contribution in [3.8, 4) is 0 Å². The van der Waals surface area contributed by atoms with Crippen LogP contribution in [0.4, 0.5) is 11.5 Å². The van der Waals surface area contributed by atoms with E-state index in [1.54, 1.807) is 6.92 Å². The molecule has 100 valence electrons. The maximum atomic E-state index is 10.9. The zero-order valence-corrected chi connectivity index (χ0v) is 11.0. The highest BCUT2D eigenvalue weighted by Gasteiger charge is 2.23. The lowest BCUT2D eigenvalue weighted by molar-refractivity contribution is -0.384. The smallest absolute Gasteiger partial charge is 0.333 e. The molecular weight excluding hydrogens is 244 g/mol. The van der Waals surface area contributed by atoms with Crippen LogP contribution in [0.1, 0.15) is 23.7 Å². The summed E-state index contributed by atoms with van der Waals surface area (Å²) in [7, 11) is 0. The van der Waals surface area contributed by atoms with Crippen molar-refractivity contribution in [3.63, 3.8) is 0 Å². The van der Waals surface area contributed by atoms with Crippen LogP contribution in [-0.4, -0.2) is 14.7 Å². The fourth-order valence-corrected chi connectivity index (χ4v) is 2.15. The number of hydrogen-bond acceptors (Lipinski definition) is 4. The monoisotopic (exact) mass is 260 g/mol. The van der Waals surface area contributed by atoms with E-state index in [9.17, 15) is 10.1 Å². The Kier molecular flexibility index (Phi) is 3.50. The van der Waals surface area contributed by atoms with E-state index < -0.39 is 4.92 Å². The van der Waals surface area contributed by atoms with Gasteiger partial charge in [0.1, 0.15) is 5.69 Å². The van der Waals surface area contributed by atoms with Crippen LogP contribution in [0.25, 0.3) is 0 Å². The molecule has 0 amide bonds. The van der Waals surface area contributed by atoms with Crippen LogP contribution in [0.5, 0.6) is 0 Å². The Morgan fingerprint density at radius 1 is 1.37 bits per heavy atom. The Morgan fingerprint density at radius 2 is 2.00 bits per heavy atom. The van der Waals surface area contributed by atoms with Crippen molar-refractivity contribution in [3.05, 3.63) is 51.2 Å². The molecule has 1 heterocycles. The van der Waals surface area contributed by atoms with Crippen molar-refractivity contribution in [2.24, 2.45) is 0 Å².